The average molecular weight is 336 g/mol. The number of esters is 2. The van der Waals surface area contributed by atoms with Crippen LogP contribution >= 0.6 is 22.7 Å². The molecule has 0 aliphatic carbocycles. The Morgan fingerprint density at radius 2 is 1.27 bits per heavy atom. The van der Waals surface area contributed by atoms with Crippen LogP contribution in [-0.2, 0) is 19.1 Å². The Labute approximate surface area is 137 Å². The Bertz CT molecular complexity index is 596. The molecule has 0 amide bonds. The number of thiophene rings is 2. The van der Waals surface area contributed by atoms with E-state index in [2.05, 4.69) is 0 Å². The number of hydrogen-bond acceptors (Lipinski definition) is 6. The molecule has 6 heteroatoms. The van der Waals surface area contributed by atoms with Gasteiger partial charge in [-0.2, -0.15) is 22.7 Å². The summed E-state index contributed by atoms with van der Waals surface area (Å²) in [7, 11) is 0. The summed E-state index contributed by atoms with van der Waals surface area (Å²) in [6, 6.07) is 3.59. The summed E-state index contributed by atoms with van der Waals surface area (Å²) in [4.78, 5) is 24.8. The standard InChI is InChI=1S/C16H16O4S2/c1-3-19-15(17)13(11-5-7-21-9-11)14(16(18)20-4-2)12-6-8-22-10-12/h5-10H,3-4H2,1-2H3/b14-13+. The van der Waals surface area contributed by atoms with Crippen LogP contribution in [0.1, 0.15) is 25.0 Å². The molecule has 2 aromatic rings. The quantitative estimate of drug-likeness (QED) is 0.594. The molecule has 2 aromatic heterocycles. The zero-order valence-electron chi connectivity index (χ0n) is 12.3. The highest BCUT2D eigenvalue weighted by Crippen LogP contribution is 2.31. The second-order valence-electron chi connectivity index (χ2n) is 4.21. The fraction of sp³-hybridized carbons (Fsp3) is 0.250. The molecule has 0 aliphatic heterocycles. The number of ether oxygens (including phenoxy) is 2. The molecule has 0 radical (unpaired) electrons. The van der Waals surface area contributed by atoms with Gasteiger partial charge in [0.25, 0.3) is 0 Å². The van der Waals surface area contributed by atoms with Crippen LogP contribution in [0.25, 0.3) is 11.1 Å². The molecule has 4 nitrogen and oxygen atoms in total. The molecule has 0 saturated heterocycles. The van der Waals surface area contributed by atoms with Crippen molar-refractivity contribution in [1.82, 2.24) is 0 Å². The van der Waals surface area contributed by atoms with Crippen LogP contribution < -0.4 is 0 Å². The van der Waals surface area contributed by atoms with Crippen LogP contribution in [0.4, 0.5) is 0 Å². The van der Waals surface area contributed by atoms with E-state index in [-0.39, 0.29) is 24.4 Å². The third-order valence-corrected chi connectivity index (χ3v) is 4.20. The molecule has 0 bridgehead atoms. The molecule has 0 atom stereocenters. The first kappa shape index (κ1) is 16.5. The van der Waals surface area contributed by atoms with Gasteiger partial charge in [-0.3, -0.25) is 0 Å². The van der Waals surface area contributed by atoms with Crippen molar-refractivity contribution in [1.29, 1.82) is 0 Å². The van der Waals surface area contributed by atoms with E-state index in [1.165, 1.54) is 22.7 Å². The third kappa shape index (κ3) is 3.64. The van der Waals surface area contributed by atoms with Gasteiger partial charge in [0, 0.05) is 11.1 Å². The van der Waals surface area contributed by atoms with E-state index in [9.17, 15) is 9.59 Å². The first-order chi connectivity index (χ1) is 10.7. The highest BCUT2D eigenvalue weighted by molar-refractivity contribution is 7.08. The summed E-state index contributed by atoms with van der Waals surface area (Å²) in [6.45, 7) is 3.95. The van der Waals surface area contributed by atoms with Gasteiger partial charge in [0.05, 0.1) is 24.4 Å². The minimum Gasteiger partial charge on any atom is -0.462 e. The van der Waals surface area contributed by atoms with Gasteiger partial charge < -0.3 is 9.47 Å². The molecule has 22 heavy (non-hydrogen) atoms. The number of hydrogen-bond donors (Lipinski definition) is 0. The fourth-order valence-electron chi connectivity index (χ4n) is 1.95. The van der Waals surface area contributed by atoms with Crippen LogP contribution in [0.3, 0.4) is 0 Å². The minimum atomic E-state index is -0.518. The lowest BCUT2D eigenvalue weighted by Crippen LogP contribution is -2.15. The van der Waals surface area contributed by atoms with Gasteiger partial charge in [0.1, 0.15) is 0 Å². The lowest BCUT2D eigenvalue weighted by molar-refractivity contribution is -0.138. The molecular formula is C16H16O4S2. The molecule has 2 heterocycles. The van der Waals surface area contributed by atoms with Gasteiger partial charge in [-0.25, -0.2) is 9.59 Å². The van der Waals surface area contributed by atoms with E-state index in [1.807, 2.05) is 21.5 Å². The van der Waals surface area contributed by atoms with Gasteiger partial charge >= 0.3 is 11.9 Å². The zero-order valence-corrected chi connectivity index (χ0v) is 14.0. The smallest absolute Gasteiger partial charge is 0.339 e. The molecule has 2 rings (SSSR count). The van der Waals surface area contributed by atoms with E-state index in [0.717, 1.165) is 0 Å². The highest BCUT2D eigenvalue weighted by Gasteiger charge is 2.26. The minimum absolute atomic E-state index is 0.242. The molecule has 0 spiro atoms. The van der Waals surface area contributed by atoms with Crippen LogP contribution in [0.15, 0.2) is 33.7 Å². The largest absolute Gasteiger partial charge is 0.462 e. The Kier molecular flexibility index (Phi) is 5.91. The monoisotopic (exact) mass is 336 g/mol. The van der Waals surface area contributed by atoms with Gasteiger partial charge in [-0.1, -0.05) is 0 Å². The molecule has 116 valence electrons. The molecular weight excluding hydrogens is 320 g/mol. The Morgan fingerprint density at radius 1 is 0.864 bits per heavy atom. The van der Waals surface area contributed by atoms with Crippen LogP contribution in [0, 0.1) is 0 Å². The Morgan fingerprint density at radius 3 is 1.55 bits per heavy atom. The van der Waals surface area contributed by atoms with Crippen molar-refractivity contribution < 1.29 is 19.1 Å². The molecule has 0 N–H and O–H groups in total. The van der Waals surface area contributed by atoms with Crippen LogP contribution in [0.5, 0.6) is 0 Å². The van der Waals surface area contributed by atoms with E-state index < -0.39 is 11.9 Å². The Balaban J connectivity index is 2.64. The molecule has 0 saturated carbocycles. The van der Waals surface area contributed by atoms with E-state index in [1.54, 1.807) is 26.0 Å². The normalized spacial score (nSPS) is 11.7. The second-order valence-corrected chi connectivity index (χ2v) is 5.78. The van der Waals surface area contributed by atoms with Crippen molar-refractivity contribution >= 4 is 45.8 Å². The van der Waals surface area contributed by atoms with Gasteiger partial charge in [0.15, 0.2) is 0 Å². The van der Waals surface area contributed by atoms with Crippen LogP contribution in [0.2, 0.25) is 0 Å². The Hall–Kier alpha value is -1.92. The average Bonchev–Trinajstić information content (AvgIpc) is 3.18. The summed E-state index contributed by atoms with van der Waals surface area (Å²) < 4.78 is 10.3. The summed E-state index contributed by atoms with van der Waals surface area (Å²) in [5.41, 5.74) is 1.83. The van der Waals surface area contributed by atoms with Gasteiger partial charge in [-0.15, -0.1) is 0 Å². The van der Waals surface area contributed by atoms with Crippen LogP contribution in [-0.4, -0.2) is 25.2 Å². The van der Waals surface area contributed by atoms with E-state index in [0.29, 0.717) is 11.1 Å². The third-order valence-electron chi connectivity index (χ3n) is 2.83. The summed E-state index contributed by atoms with van der Waals surface area (Å²) >= 11 is 2.90. The first-order valence-electron chi connectivity index (χ1n) is 6.82. The lowest BCUT2D eigenvalue weighted by atomic mass is 9.98. The van der Waals surface area contributed by atoms with Crippen molar-refractivity contribution in [2.75, 3.05) is 13.2 Å². The molecule has 0 fully saturated rings. The lowest BCUT2D eigenvalue weighted by Gasteiger charge is -2.12. The zero-order chi connectivity index (χ0) is 15.9. The van der Waals surface area contributed by atoms with Crippen molar-refractivity contribution in [3.8, 4) is 0 Å². The second kappa shape index (κ2) is 7.91. The predicted octanol–water partition coefficient (Wildman–Crippen LogP) is 3.85. The summed E-state index contributed by atoms with van der Waals surface area (Å²) in [5, 5.41) is 7.34. The summed E-state index contributed by atoms with van der Waals surface area (Å²) in [6.07, 6.45) is 0. The summed E-state index contributed by atoms with van der Waals surface area (Å²) in [5.74, 6) is -1.04. The number of carbonyl (C=O) groups excluding carboxylic acids is 2. The maximum atomic E-state index is 12.4. The predicted molar refractivity (Wildman–Crippen MR) is 88.7 cm³/mol. The maximum absolute atomic E-state index is 12.4. The topological polar surface area (TPSA) is 52.6 Å². The highest BCUT2D eigenvalue weighted by atomic mass is 32.1. The van der Waals surface area contributed by atoms with E-state index in [4.69, 9.17) is 9.47 Å². The van der Waals surface area contributed by atoms with Crippen molar-refractivity contribution in [2.45, 2.75) is 13.8 Å². The van der Waals surface area contributed by atoms with E-state index >= 15 is 0 Å². The maximum Gasteiger partial charge on any atom is 0.339 e. The number of rotatable bonds is 6. The molecule has 0 aromatic carbocycles. The fourth-order valence-corrected chi connectivity index (χ4v) is 3.24. The molecule has 0 unspecified atom stereocenters. The van der Waals surface area contributed by atoms with Gasteiger partial charge in [-0.05, 0) is 47.5 Å². The van der Waals surface area contributed by atoms with Crippen molar-refractivity contribution in [3.63, 3.8) is 0 Å². The SMILES string of the molecule is CCOC(=O)/C(=C(/C(=O)OCC)c1ccsc1)c1ccsc1. The van der Waals surface area contributed by atoms with Gasteiger partial charge in [0.2, 0.25) is 0 Å². The van der Waals surface area contributed by atoms with Crippen molar-refractivity contribution in [3.05, 3.63) is 44.8 Å². The first-order valence-corrected chi connectivity index (χ1v) is 8.71. The van der Waals surface area contributed by atoms with Crippen molar-refractivity contribution in [2.24, 2.45) is 0 Å². The molecule has 0 aliphatic rings. The number of carbonyl (C=O) groups is 2.